The molecular weight excluding hydrogens is 590 g/mol. The minimum Gasteiger partial charge on any atom is -0.485 e. The highest BCUT2D eigenvalue weighted by Gasteiger charge is 2.25. The van der Waals surface area contributed by atoms with Crippen molar-refractivity contribution >= 4 is 35.1 Å². The number of nitrogens with zero attached hydrogens (tertiary/aromatic N) is 4. The predicted octanol–water partition coefficient (Wildman–Crippen LogP) is 3.29. The Kier molecular flexibility index (Phi) is 11.2. The monoisotopic (exact) mass is 631 g/mol. The summed E-state index contributed by atoms with van der Waals surface area (Å²) in [4.78, 5) is 23.4. The third kappa shape index (κ3) is 8.79. The fraction of sp³-hybridized carbons (Fsp3) is 0.500. The van der Waals surface area contributed by atoms with Crippen molar-refractivity contribution in [2.45, 2.75) is 64.3 Å². The van der Waals surface area contributed by atoms with Gasteiger partial charge in [-0.15, -0.1) is 0 Å². The molecule has 0 unspecified atom stereocenters. The van der Waals surface area contributed by atoms with Gasteiger partial charge in [-0.2, -0.15) is 13.5 Å². The number of benzene rings is 1. The number of sulfonamides is 1. The quantitative estimate of drug-likeness (QED) is 0.287. The highest BCUT2D eigenvalue weighted by Crippen LogP contribution is 2.30. The third-order valence-corrected chi connectivity index (χ3v) is 9.40. The number of hydrogen-bond donors (Lipinski definition) is 2. The van der Waals surface area contributed by atoms with E-state index in [-0.39, 0.29) is 31.7 Å². The number of oxazole rings is 1. The van der Waals surface area contributed by atoms with E-state index in [1.165, 1.54) is 28.1 Å². The molecule has 3 aromatic rings. The molecule has 0 aliphatic carbocycles. The fourth-order valence-electron chi connectivity index (χ4n) is 5.71. The van der Waals surface area contributed by atoms with Gasteiger partial charge in [0.05, 0.1) is 18.6 Å². The Morgan fingerprint density at radius 3 is 2.74 bits per heavy atom. The summed E-state index contributed by atoms with van der Waals surface area (Å²) in [6, 6.07) is 7.61. The molecule has 1 atom stereocenters. The second-order valence-electron chi connectivity index (χ2n) is 11.2. The number of pyridine rings is 1. The first-order chi connectivity index (χ1) is 20.2. The van der Waals surface area contributed by atoms with Gasteiger partial charge in [-0.3, -0.25) is 9.69 Å². The Morgan fingerprint density at radius 1 is 1.23 bits per heavy atom. The van der Waals surface area contributed by atoms with Crippen molar-refractivity contribution in [3.8, 4) is 5.75 Å². The molecular formula is C30H41N5O6S2. The number of piperidine rings is 1. The van der Waals surface area contributed by atoms with Crippen molar-refractivity contribution in [1.29, 1.82) is 0 Å². The number of ketones is 1. The second kappa shape index (κ2) is 14.7. The van der Waals surface area contributed by atoms with E-state index in [2.05, 4.69) is 33.2 Å². The predicted molar refractivity (Wildman–Crippen MR) is 168 cm³/mol. The molecule has 1 saturated heterocycles. The zero-order valence-electron chi connectivity index (χ0n) is 24.7. The first-order valence-corrected chi connectivity index (χ1v) is 16.2. The lowest BCUT2D eigenvalue weighted by molar-refractivity contribution is 0.0836. The van der Waals surface area contributed by atoms with Crippen LogP contribution in [0.3, 0.4) is 0 Å². The van der Waals surface area contributed by atoms with Gasteiger partial charge < -0.3 is 19.6 Å². The van der Waals surface area contributed by atoms with E-state index >= 15 is 0 Å². The van der Waals surface area contributed by atoms with Gasteiger partial charge in [0.15, 0.2) is 17.9 Å². The van der Waals surface area contributed by atoms with E-state index in [0.717, 1.165) is 30.8 Å². The lowest BCUT2D eigenvalue weighted by Gasteiger charge is -2.31. The molecule has 0 saturated carbocycles. The number of hydrogen-bond acceptors (Lipinski definition) is 10. The summed E-state index contributed by atoms with van der Waals surface area (Å²) in [7, 11) is -3.18. The summed E-state index contributed by atoms with van der Waals surface area (Å²) in [6.45, 7) is 5.42. The SMILES string of the molecule is Cc1c(OCc2cnco2)ccc2c1CCN(C[C@@H](O)CCC(=O)c1ccnc(NC3CCN(S(C)(=O)=O)CC3)c1)C2.S. The molecule has 4 heterocycles. The van der Waals surface area contributed by atoms with Gasteiger partial charge in [-0.1, -0.05) is 6.07 Å². The number of anilines is 1. The molecule has 0 radical (unpaired) electrons. The van der Waals surface area contributed by atoms with E-state index in [1.54, 1.807) is 24.5 Å². The number of aliphatic hydroxyl groups is 1. The molecule has 2 aromatic heterocycles. The molecule has 2 N–H and O–H groups in total. The van der Waals surface area contributed by atoms with Crippen LogP contribution in [-0.4, -0.2) is 83.1 Å². The largest absolute Gasteiger partial charge is 0.485 e. The Hall–Kier alpha value is -2.97. The smallest absolute Gasteiger partial charge is 0.211 e. The van der Waals surface area contributed by atoms with Crippen molar-refractivity contribution < 1.29 is 27.5 Å². The number of carbonyl (C=O) groups excluding carboxylic acids is 1. The summed E-state index contributed by atoms with van der Waals surface area (Å²) < 4.78 is 36.2. The van der Waals surface area contributed by atoms with Gasteiger partial charge in [0.2, 0.25) is 10.0 Å². The van der Waals surface area contributed by atoms with Gasteiger partial charge in [-0.25, -0.2) is 22.7 Å². The van der Waals surface area contributed by atoms with E-state index in [9.17, 15) is 18.3 Å². The molecule has 0 bridgehead atoms. The van der Waals surface area contributed by atoms with Crippen LogP contribution in [0.1, 0.15) is 58.5 Å². The van der Waals surface area contributed by atoms with Gasteiger partial charge in [0.25, 0.3) is 0 Å². The van der Waals surface area contributed by atoms with Gasteiger partial charge in [0, 0.05) is 56.9 Å². The molecule has 13 heteroatoms. The number of Topliss-reactive ketones (excluding diaryl/α,β-unsaturated/α-hetero) is 1. The number of β-amino-alcohol motifs (C(OH)–C–C–N with tert-alkyl or cyclic N) is 1. The molecule has 1 aromatic carbocycles. The Balaban J connectivity index is 0.00000423. The first-order valence-electron chi connectivity index (χ1n) is 14.4. The number of aliphatic hydroxyl groups excluding tert-OH is 1. The Labute approximate surface area is 260 Å². The summed E-state index contributed by atoms with van der Waals surface area (Å²) in [5.41, 5.74) is 4.20. The van der Waals surface area contributed by atoms with E-state index < -0.39 is 16.1 Å². The number of carbonyl (C=O) groups is 1. The summed E-state index contributed by atoms with van der Waals surface area (Å²) >= 11 is 0. The molecule has 1 fully saturated rings. The van der Waals surface area contributed by atoms with Crippen LogP contribution >= 0.6 is 13.5 Å². The second-order valence-corrected chi connectivity index (χ2v) is 13.2. The van der Waals surface area contributed by atoms with E-state index in [0.29, 0.717) is 62.6 Å². The highest BCUT2D eigenvalue weighted by atomic mass is 32.2. The van der Waals surface area contributed by atoms with Crippen molar-refractivity contribution in [2.75, 3.05) is 37.8 Å². The minimum atomic E-state index is -3.18. The maximum atomic E-state index is 12.9. The van der Waals surface area contributed by atoms with Crippen LogP contribution in [0.15, 0.2) is 47.5 Å². The zero-order chi connectivity index (χ0) is 29.7. The van der Waals surface area contributed by atoms with E-state index in [1.807, 2.05) is 6.07 Å². The van der Waals surface area contributed by atoms with Crippen molar-refractivity contribution in [3.05, 3.63) is 71.1 Å². The summed E-state index contributed by atoms with van der Waals surface area (Å²) in [5.74, 6) is 2.08. The standard InChI is InChI=1S/C30H39N5O6S.H2S/c1-21-27-10-12-34(17-23(27)3-6-29(21)40-19-26-16-31-20-41-26)18-25(36)4-5-28(37)22-7-11-32-30(15-22)33-24-8-13-35(14-9-24)42(2,38)39;/h3,6-7,11,15-16,20,24-25,36H,4-5,8-10,12-14,17-19H2,1-2H3,(H,32,33);1H2/t25-;/m0./s1. The Bertz CT molecular complexity index is 1480. The molecule has 11 nitrogen and oxygen atoms in total. The lowest BCUT2D eigenvalue weighted by atomic mass is 9.94. The topological polar surface area (TPSA) is 138 Å². The summed E-state index contributed by atoms with van der Waals surface area (Å²) in [6.07, 6.45) is 8.11. The maximum Gasteiger partial charge on any atom is 0.211 e. The number of fused-ring (bicyclic) bond motifs is 1. The third-order valence-electron chi connectivity index (χ3n) is 8.10. The molecule has 2 aliphatic heterocycles. The van der Waals surface area contributed by atoms with Crippen LogP contribution in [0.5, 0.6) is 5.75 Å². The Morgan fingerprint density at radius 2 is 2.02 bits per heavy atom. The fourth-order valence-corrected chi connectivity index (χ4v) is 6.58. The highest BCUT2D eigenvalue weighted by molar-refractivity contribution is 7.88. The number of nitrogens with one attached hydrogen (secondary N) is 1. The first kappa shape index (κ1) is 32.9. The molecule has 2 aliphatic rings. The van der Waals surface area contributed by atoms with Crippen molar-refractivity contribution in [2.24, 2.45) is 0 Å². The van der Waals surface area contributed by atoms with Crippen LogP contribution in [0.25, 0.3) is 0 Å². The van der Waals surface area contributed by atoms with Gasteiger partial charge >= 0.3 is 0 Å². The molecule has 43 heavy (non-hydrogen) atoms. The van der Waals surface area contributed by atoms with Crippen LogP contribution in [0.4, 0.5) is 5.82 Å². The zero-order valence-corrected chi connectivity index (χ0v) is 26.5. The lowest BCUT2D eigenvalue weighted by Crippen LogP contribution is -2.41. The number of aromatic nitrogens is 2. The van der Waals surface area contributed by atoms with Gasteiger partial charge in [-0.05, 0) is 67.5 Å². The van der Waals surface area contributed by atoms with Crippen molar-refractivity contribution in [1.82, 2.24) is 19.2 Å². The van der Waals surface area contributed by atoms with Gasteiger partial charge in [0.1, 0.15) is 18.2 Å². The average Bonchev–Trinajstić information content (AvgIpc) is 3.49. The molecule has 5 rings (SSSR count). The number of rotatable bonds is 12. The van der Waals surface area contributed by atoms with E-state index in [4.69, 9.17) is 9.15 Å². The summed E-state index contributed by atoms with van der Waals surface area (Å²) in [5, 5.41) is 14.1. The molecule has 0 amide bonds. The number of ether oxygens (including phenoxy) is 1. The normalized spacial score (nSPS) is 17.1. The molecule has 234 valence electrons. The maximum absolute atomic E-state index is 12.9. The minimum absolute atomic E-state index is 0. The van der Waals surface area contributed by atoms with Crippen LogP contribution in [-0.2, 0) is 29.6 Å². The van der Waals surface area contributed by atoms with Crippen molar-refractivity contribution in [3.63, 3.8) is 0 Å². The molecule has 0 spiro atoms. The average molecular weight is 632 g/mol. The van der Waals surface area contributed by atoms with Crippen LogP contribution in [0, 0.1) is 6.92 Å². The van der Waals surface area contributed by atoms with Crippen LogP contribution in [0.2, 0.25) is 0 Å². The van der Waals surface area contributed by atoms with Crippen LogP contribution < -0.4 is 10.1 Å².